The lowest BCUT2D eigenvalue weighted by molar-refractivity contribution is 0.550. The molecule has 0 aliphatic carbocycles. The molecule has 0 N–H and O–H groups in total. The Labute approximate surface area is 162 Å². The fraction of sp³-hybridized carbons (Fsp3) is 0.300. The fourth-order valence-electron chi connectivity index (χ4n) is 2.95. The van der Waals surface area contributed by atoms with Crippen LogP contribution in [0.4, 0.5) is 0 Å². The van der Waals surface area contributed by atoms with Crippen molar-refractivity contribution in [1.29, 1.82) is 0 Å². The molecule has 1 saturated heterocycles. The predicted molar refractivity (Wildman–Crippen MR) is 111 cm³/mol. The van der Waals surface area contributed by atoms with Gasteiger partial charge in [-0.15, -0.1) is 0 Å². The van der Waals surface area contributed by atoms with E-state index in [1.54, 1.807) is 16.4 Å². The summed E-state index contributed by atoms with van der Waals surface area (Å²) in [7, 11) is -4.96. The molecule has 2 aromatic carbocycles. The molecule has 1 aliphatic heterocycles. The molecule has 1 aliphatic rings. The Morgan fingerprint density at radius 2 is 1.58 bits per heavy atom. The van der Waals surface area contributed by atoms with Crippen LogP contribution in [-0.4, -0.2) is 26.8 Å². The molecule has 3 nitrogen and oxygen atoms in total. The van der Waals surface area contributed by atoms with Gasteiger partial charge >= 0.3 is 0 Å². The van der Waals surface area contributed by atoms with Crippen molar-refractivity contribution in [3.63, 3.8) is 0 Å². The third-order valence-electron chi connectivity index (χ3n) is 4.40. The molecule has 0 spiro atoms. The molecule has 3 rings (SSSR count). The van der Waals surface area contributed by atoms with Crippen LogP contribution in [0, 0.1) is 6.92 Å². The number of nitrogens with zero attached hydrogens (tertiary/aromatic N) is 1. The average molecular weight is 406 g/mol. The topological polar surface area (TPSA) is 37.1 Å². The second-order valence-electron chi connectivity index (χ2n) is 7.86. The molecular weight excluding hydrogens is 382 g/mol. The van der Waals surface area contributed by atoms with E-state index in [-0.39, 0.29) is 12.1 Å². The Morgan fingerprint density at radius 1 is 1.00 bits per heavy atom. The molecule has 138 valence electrons. The number of benzene rings is 2. The lowest BCUT2D eigenvalue weighted by Gasteiger charge is -2.08. The second kappa shape index (κ2) is 6.96. The third-order valence-corrected chi connectivity index (χ3v) is 7.74. The van der Waals surface area contributed by atoms with Crippen molar-refractivity contribution in [3.8, 4) is 0 Å². The van der Waals surface area contributed by atoms with Crippen molar-refractivity contribution in [3.05, 3.63) is 76.5 Å². The molecule has 0 bridgehead atoms. The van der Waals surface area contributed by atoms with E-state index in [9.17, 15) is 8.42 Å². The van der Waals surface area contributed by atoms with E-state index >= 15 is 0 Å². The minimum atomic E-state index is -3.54. The number of hydrogen-bond donors (Lipinski definition) is 0. The first-order chi connectivity index (χ1) is 12.1. The van der Waals surface area contributed by atoms with Crippen LogP contribution >= 0.6 is 11.6 Å². The molecule has 0 aromatic heterocycles. The van der Waals surface area contributed by atoms with E-state index in [0.717, 1.165) is 11.1 Å². The van der Waals surface area contributed by atoms with Gasteiger partial charge in [0.15, 0.2) is 0 Å². The van der Waals surface area contributed by atoms with Gasteiger partial charge in [0.05, 0.1) is 25.1 Å². The number of aryl methyl sites for hydroxylation is 1. The molecule has 26 heavy (non-hydrogen) atoms. The van der Waals surface area contributed by atoms with Gasteiger partial charge in [0.1, 0.15) is 0 Å². The highest BCUT2D eigenvalue weighted by Crippen LogP contribution is 2.48. The Kier molecular flexibility index (Phi) is 5.19. The van der Waals surface area contributed by atoms with Gasteiger partial charge in [-0.05, 0) is 36.8 Å². The summed E-state index contributed by atoms with van der Waals surface area (Å²) in [5.74, 6) is 0. The van der Waals surface area contributed by atoms with E-state index in [1.807, 2.05) is 43.3 Å². The maximum Gasteiger partial charge on any atom is 0.244 e. The zero-order chi connectivity index (χ0) is 19.1. The zero-order valence-corrected chi connectivity index (χ0v) is 18.1. The molecule has 6 heteroatoms. The van der Waals surface area contributed by atoms with Crippen molar-refractivity contribution in [1.82, 2.24) is 4.31 Å². The number of sulfonamides is 1. The van der Waals surface area contributed by atoms with Gasteiger partial charge in [-0.3, -0.25) is 0 Å². The normalized spacial score (nSPS) is 23.3. The number of hydrogen-bond acceptors (Lipinski definition) is 2. The van der Waals surface area contributed by atoms with Crippen LogP contribution in [-0.2, 0) is 10.0 Å². The average Bonchev–Trinajstić information content (AvgIpc) is 3.29. The molecule has 0 saturated carbocycles. The lowest BCUT2D eigenvalue weighted by atomic mass is 10.1. The fourth-order valence-corrected chi connectivity index (χ4v) is 5.57. The smallest absolute Gasteiger partial charge is 0.207 e. The standard InChI is InChI=1S/C20H24ClNO2SSi/c1-15-5-11-18(12-6-15)25(23,24)22-19(13-14-26(2,3)4)20(22)16-7-9-17(21)10-8-16/h5-14,19-20H,1-4H3/b14-13+. The highest BCUT2D eigenvalue weighted by atomic mass is 35.5. The molecule has 0 amide bonds. The summed E-state index contributed by atoms with van der Waals surface area (Å²) in [5.41, 5.74) is 4.22. The van der Waals surface area contributed by atoms with Crippen molar-refractivity contribution >= 4 is 29.7 Å². The van der Waals surface area contributed by atoms with Gasteiger partial charge in [-0.1, -0.05) is 72.8 Å². The minimum absolute atomic E-state index is 0.144. The summed E-state index contributed by atoms with van der Waals surface area (Å²) in [4.78, 5) is 0.339. The van der Waals surface area contributed by atoms with Crippen LogP contribution in [0.1, 0.15) is 17.2 Å². The van der Waals surface area contributed by atoms with Crippen molar-refractivity contribution < 1.29 is 8.42 Å². The van der Waals surface area contributed by atoms with Gasteiger partial charge in [-0.2, -0.15) is 4.31 Å². The van der Waals surface area contributed by atoms with E-state index < -0.39 is 18.1 Å². The Bertz CT molecular complexity index is 916. The van der Waals surface area contributed by atoms with Gasteiger partial charge in [0.25, 0.3) is 0 Å². The van der Waals surface area contributed by atoms with Gasteiger partial charge in [0, 0.05) is 5.02 Å². The van der Waals surface area contributed by atoms with E-state index in [2.05, 4.69) is 31.4 Å². The van der Waals surface area contributed by atoms with Crippen molar-refractivity contribution in [2.75, 3.05) is 0 Å². The molecule has 1 heterocycles. The Hall–Kier alpha value is -1.40. The largest absolute Gasteiger partial charge is 0.244 e. The van der Waals surface area contributed by atoms with Gasteiger partial charge < -0.3 is 0 Å². The van der Waals surface area contributed by atoms with Crippen LogP contribution in [0.5, 0.6) is 0 Å². The highest BCUT2D eigenvalue weighted by molar-refractivity contribution is 7.89. The quantitative estimate of drug-likeness (QED) is 0.506. The first-order valence-corrected chi connectivity index (χ1v) is 14.0. The van der Waals surface area contributed by atoms with E-state index in [1.165, 1.54) is 0 Å². The van der Waals surface area contributed by atoms with E-state index in [4.69, 9.17) is 11.6 Å². The predicted octanol–water partition coefficient (Wildman–Crippen LogP) is 5.20. The lowest BCUT2D eigenvalue weighted by Crippen LogP contribution is -2.17. The summed E-state index contributed by atoms with van der Waals surface area (Å²) < 4.78 is 27.9. The molecule has 0 radical (unpaired) electrons. The highest BCUT2D eigenvalue weighted by Gasteiger charge is 2.54. The van der Waals surface area contributed by atoms with E-state index in [0.29, 0.717) is 9.92 Å². The van der Waals surface area contributed by atoms with Crippen molar-refractivity contribution in [2.45, 2.75) is 43.5 Å². The minimum Gasteiger partial charge on any atom is -0.207 e. The second-order valence-corrected chi connectivity index (χ2v) is 15.2. The summed E-state index contributed by atoms with van der Waals surface area (Å²) in [6.07, 6.45) is 2.07. The summed E-state index contributed by atoms with van der Waals surface area (Å²) in [5, 5.41) is 0.650. The maximum atomic E-state index is 13.2. The Morgan fingerprint density at radius 3 is 2.12 bits per heavy atom. The molecule has 3 unspecified atom stereocenters. The first kappa shape index (κ1) is 19.4. The summed E-state index contributed by atoms with van der Waals surface area (Å²) in [6.45, 7) is 8.66. The summed E-state index contributed by atoms with van der Waals surface area (Å²) >= 11 is 5.99. The zero-order valence-electron chi connectivity index (χ0n) is 15.5. The van der Waals surface area contributed by atoms with Crippen LogP contribution in [0.25, 0.3) is 0 Å². The number of rotatable bonds is 5. The number of halogens is 1. The molecule has 2 aromatic rings. The van der Waals surface area contributed by atoms with Gasteiger partial charge in [-0.25, -0.2) is 8.42 Å². The van der Waals surface area contributed by atoms with Crippen LogP contribution < -0.4 is 0 Å². The molecule has 3 atom stereocenters. The van der Waals surface area contributed by atoms with Crippen LogP contribution in [0.2, 0.25) is 24.7 Å². The van der Waals surface area contributed by atoms with Gasteiger partial charge in [0.2, 0.25) is 10.0 Å². The van der Waals surface area contributed by atoms with Crippen LogP contribution in [0.15, 0.2) is 65.2 Å². The molecular formula is C20H24ClNO2SSi. The summed E-state index contributed by atoms with van der Waals surface area (Å²) in [6, 6.07) is 14.2. The molecule has 1 fully saturated rings. The van der Waals surface area contributed by atoms with Crippen LogP contribution in [0.3, 0.4) is 0 Å². The monoisotopic (exact) mass is 405 g/mol. The maximum absolute atomic E-state index is 13.2. The SMILES string of the molecule is Cc1ccc(S(=O)(=O)N2C(/C=C/[Si](C)(C)C)C2c2ccc(Cl)cc2)cc1. The van der Waals surface area contributed by atoms with Crippen molar-refractivity contribution in [2.24, 2.45) is 0 Å². The third kappa shape index (κ3) is 4.12. The Balaban J connectivity index is 1.97. The first-order valence-electron chi connectivity index (χ1n) is 8.65.